The molecule has 5 nitrogen and oxygen atoms in total. The quantitative estimate of drug-likeness (QED) is 0.604. The average molecular weight is 422 g/mol. The van der Waals surface area contributed by atoms with Crippen LogP contribution in [0.25, 0.3) is 6.08 Å². The van der Waals surface area contributed by atoms with Crippen LogP contribution in [0.5, 0.6) is 0 Å². The van der Waals surface area contributed by atoms with Gasteiger partial charge in [-0.15, -0.1) is 0 Å². The average Bonchev–Trinajstić information content (AvgIpc) is 2.69. The third-order valence-electron chi connectivity index (χ3n) is 3.61. The Balaban J connectivity index is 1.86. The number of carbonyl (C=O) groups is 2. The Kier molecular flexibility index (Phi) is 6.12. The minimum atomic E-state index is -0.429. The summed E-state index contributed by atoms with van der Waals surface area (Å²) in [6, 6.07) is 19.5. The number of anilines is 1. The highest BCUT2D eigenvalue weighted by Crippen LogP contribution is 2.16. The molecule has 0 saturated heterocycles. The van der Waals surface area contributed by atoms with Crippen molar-refractivity contribution in [2.45, 2.75) is 0 Å². The van der Waals surface area contributed by atoms with Crippen molar-refractivity contribution in [3.63, 3.8) is 0 Å². The van der Waals surface area contributed by atoms with Crippen LogP contribution in [0.3, 0.4) is 0 Å². The van der Waals surface area contributed by atoms with Crippen LogP contribution in [0.1, 0.15) is 15.9 Å². The van der Waals surface area contributed by atoms with Crippen LogP contribution in [0.15, 0.2) is 89.3 Å². The Morgan fingerprint density at radius 1 is 0.963 bits per heavy atom. The fourth-order valence-corrected chi connectivity index (χ4v) is 2.73. The third-order valence-corrected chi connectivity index (χ3v) is 4.10. The minimum absolute atomic E-state index is 0.122. The number of nitrogens with zero attached hydrogens (tertiary/aromatic N) is 1. The summed E-state index contributed by atoms with van der Waals surface area (Å²) in [5.41, 5.74) is 1.90. The molecule has 3 aromatic rings. The fraction of sp³-hybridized carbons (Fsp3) is 0. The van der Waals surface area contributed by atoms with E-state index in [4.69, 9.17) is 0 Å². The second-order valence-corrected chi connectivity index (χ2v) is 6.54. The molecule has 2 aromatic carbocycles. The van der Waals surface area contributed by atoms with Crippen LogP contribution in [-0.4, -0.2) is 16.8 Å². The van der Waals surface area contributed by atoms with E-state index in [0.29, 0.717) is 16.8 Å². The highest BCUT2D eigenvalue weighted by Gasteiger charge is 2.15. The lowest BCUT2D eigenvalue weighted by Crippen LogP contribution is -2.30. The Morgan fingerprint density at radius 3 is 2.48 bits per heavy atom. The molecule has 0 radical (unpaired) electrons. The number of hydrogen-bond donors (Lipinski definition) is 2. The van der Waals surface area contributed by atoms with E-state index in [-0.39, 0.29) is 11.6 Å². The number of pyridine rings is 1. The Hall–Kier alpha value is -3.25. The molecule has 1 aromatic heterocycles. The number of rotatable bonds is 5. The number of hydrogen-bond acceptors (Lipinski definition) is 3. The van der Waals surface area contributed by atoms with E-state index in [1.807, 2.05) is 18.2 Å². The Bertz CT molecular complexity index is 973. The van der Waals surface area contributed by atoms with Gasteiger partial charge in [0.1, 0.15) is 5.70 Å². The third kappa shape index (κ3) is 5.36. The molecular formula is C21H16BrN3O2. The van der Waals surface area contributed by atoms with Gasteiger partial charge in [0, 0.05) is 28.1 Å². The maximum Gasteiger partial charge on any atom is 0.272 e. The molecule has 3 rings (SSSR count). The zero-order valence-corrected chi connectivity index (χ0v) is 15.8. The van der Waals surface area contributed by atoms with Crippen LogP contribution in [0, 0.1) is 0 Å². The predicted octanol–water partition coefficient (Wildman–Crippen LogP) is 4.25. The van der Waals surface area contributed by atoms with Crippen LogP contribution in [0.4, 0.5) is 5.69 Å². The van der Waals surface area contributed by atoms with Crippen molar-refractivity contribution in [2.24, 2.45) is 0 Å². The Labute approximate surface area is 165 Å². The maximum absolute atomic E-state index is 12.8. The second kappa shape index (κ2) is 8.91. The van der Waals surface area contributed by atoms with E-state index in [1.165, 1.54) is 0 Å². The number of aromatic nitrogens is 1. The lowest BCUT2D eigenvalue weighted by molar-refractivity contribution is -0.113. The first kappa shape index (κ1) is 18.5. The van der Waals surface area contributed by atoms with Crippen LogP contribution in [-0.2, 0) is 4.79 Å². The van der Waals surface area contributed by atoms with Gasteiger partial charge in [0.05, 0.1) is 0 Å². The van der Waals surface area contributed by atoms with E-state index < -0.39 is 5.91 Å². The van der Waals surface area contributed by atoms with E-state index in [2.05, 4.69) is 31.5 Å². The van der Waals surface area contributed by atoms with Gasteiger partial charge in [0.2, 0.25) is 0 Å². The van der Waals surface area contributed by atoms with Crippen LogP contribution < -0.4 is 10.6 Å². The van der Waals surface area contributed by atoms with E-state index >= 15 is 0 Å². The van der Waals surface area contributed by atoms with E-state index in [0.717, 1.165) is 4.47 Å². The number of halogens is 1. The van der Waals surface area contributed by atoms with E-state index in [1.54, 1.807) is 67.0 Å². The van der Waals surface area contributed by atoms with Crippen molar-refractivity contribution in [2.75, 3.05) is 5.32 Å². The number of amides is 2. The molecule has 0 fully saturated rings. The highest BCUT2D eigenvalue weighted by atomic mass is 79.9. The molecule has 134 valence electrons. The first-order valence-electron chi connectivity index (χ1n) is 8.17. The molecule has 0 aliphatic rings. The minimum Gasteiger partial charge on any atom is -0.321 e. The molecule has 0 saturated carbocycles. The summed E-state index contributed by atoms with van der Waals surface area (Å²) < 4.78 is 0.839. The molecule has 0 unspecified atom stereocenters. The lowest BCUT2D eigenvalue weighted by Gasteiger charge is -2.11. The molecule has 0 spiro atoms. The van der Waals surface area contributed by atoms with Crippen molar-refractivity contribution in [3.05, 3.63) is 100 Å². The second-order valence-electron chi connectivity index (χ2n) is 5.63. The molecule has 0 aliphatic carbocycles. The summed E-state index contributed by atoms with van der Waals surface area (Å²) in [6.45, 7) is 0. The summed E-state index contributed by atoms with van der Waals surface area (Å²) >= 11 is 3.37. The normalized spacial score (nSPS) is 10.9. The van der Waals surface area contributed by atoms with Crippen LogP contribution >= 0.6 is 15.9 Å². The SMILES string of the molecule is O=C(Nc1cccc(Br)c1)/C(=C/c1cccnc1)NC(=O)c1ccccc1. The molecule has 2 amide bonds. The predicted molar refractivity (Wildman–Crippen MR) is 109 cm³/mol. The van der Waals surface area contributed by atoms with Gasteiger partial charge in [-0.05, 0) is 48.0 Å². The molecule has 27 heavy (non-hydrogen) atoms. The Morgan fingerprint density at radius 2 is 1.78 bits per heavy atom. The van der Waals surface area contributed by atoms with Gasteiger partial charge in [-0.3, -0.25) is 14.6 Å². The van der Waals surface area contributed by atoms with Crippen molar-refractivity contribution in [1.82, 2.24) is 10.3 Å². The molecule has 2 N–H and O–H groups in total. The van der Waals surface area contributed by atoms with Gasteiger partial charge in [-0.2, -0.15) is 0 Å². The van der Waals surface area contributed by atoms with Gasteiger partial charge in [-0.25, -0.2) is 0 Å². The molecule has 0 atom stereocenters. The fourth-order valence-electron chi connectivity index (χ4n) is 2.34. The largest absolute Gasteiger partial charge is 0.321 e. The number of carbonyl (C=O) groups excluding carboxylic acids is 2. The van der Waals surface area contributed by atoms with Gasteiger partial charge in [0.15, 0.2) is 0 Å². The molecule has 0 bridgehead atoms. The maximum atomic E-state index is 12.8. The van der Waals surface area contributed by atoms with Gasteiger partial charge >= 0.3 is 0 Å². The smallest absolute Gasteiger partial charge is 0.272 e. The zero-order valence-electron chi connectivity index (χ0n) is 14.2. The molecule has 6 heteroatoms. The van der Waals surface area contributed by atoms with Crippen molar-refractivity contribution >= 4 is 39.5 Å². The van der Waals surface area contributed by atoms with Crippen molar-refractivity contribution in [1.29, 1.82) is 0 Å². The van der Waals surface area contributed by atoms with Gasteiger partial charge < -0.3 is 10.6 Å². The summed E-state index contributed by atoms with van der Waals surface area (Å²) in [7, 11) is 0. The highest BCUT2D eigenvalue weighted by molar-refractivity contribution is 9.10. The summed E-state index contributed by atoms with van der Waals surface area (Å²) in [4.78, 5) is 29.3. The zero-order chi connectivity index (χ0) is 19.1. The van der Waals surface area contributed by atoms with E-state index in [9.17, 15) is 9.59 Å². The standard InChI is InChI=1S/C21H16BrN3O2/c22-17-9-4-10-18(13-17)24-21(27)19(12-15-6-5-11-23-14-15)25-20(26)16-7-2-1-3-8-16/h1-14H,(H,24,27)(H,25,26)/b19-12-. The first-order valence-corrected chi connectivity index (χ1v) is 8.96. The molecule has 0 aliphatic heterocycles. The molecule has 1 heterocycles. The monoisotopic (exact) mass is 421 g/mol. The summed E-state index contributed by atoms with van der Waals surface area (Å²) in [6.07, 6.45) is 4.84. The van der Waals surface area contributed by atoms with Crippen LogP contribution in [0.2, 0.25) is 0 Å². The summed E-state index contributed by atoms with van der Waals surface area (Å²) in [5, 5.41) is 5.47. The van der Waals surface area contributed by atoms with Crippen molar-refractivity contribution < 1.29 is 9.59 Å². The summed E-state index contributed by atoms with van der Waals surface area (Å²) in [5.74, 6) is -0.795. The topological polar surface area (TPSA) is 71.1 Å². The van der Waals surface area contributed by atoms with Gasteiger partial charge in [0.25, 0.3) is 11.8 Å². The number of benzene rings is 2. The number of nitrogens with one attached hydrogen (secondary N) is 2. The lowest BCUT2D eigenvalue weighted by atomic mass is 10.2. The van der Waals surface area contributed by atoms with Crippen molar-refractivity contribution in [3.8, 4) is 0 Å². The first-order chi connectivity index (χ1) is 13.1. The van der Waals surface area contributed by atoms with Gasteiger partial charge in [-0.1, -0.05) is 46.3 Å². The molecular weight excluding hydrogens is 406 g/mol.